The predicted octanol–water partition coefficient (Wildman–Crippen LogP) is 8.76. The van der Waals surface area contributed by atoms with E-state index in [4.69, 9.17) is 34.8 Å². The molecule has 0 radical (unpaired) electrons. The van der Waals surface area contributed by atoms with Gasteiger partial charge in [0, 0.05) is 35.6 Å². The molecule has 4 rings (SSSR count). The Hall–Kier alpha value is -3.33. The van der Waals surface area contributed by atoms with E-state index in [0.29, 0.717) is 12.1 Å². The fraction of sp³-hybridized carbons (Fsp3) is 0.300. The molecule has 1 amide bonds. The van der Waals surface area contributed by atoms with Gasteiger partial charge in [-0.3, -0.25) is 19.1 Å². The SMILES string of the molecule is CC(OC(F)(F)F)C(=O)Cc1c(F)ccc(CC(=O)c2cc(NC(=O)[C@H]3[C@H](c4cc(F)cc(C(F)(F)F)c4)C3(Cl)Cl)ccc2Cl)c1F. The largest absolute Gasteiger partial charge is 0.523 e. The van der Waals surface area contributed by atoms with Crippen LogP contribution in [0.25, 0.3) is 0 Å². The van der Waals surface area contributed by atoms with Crippen LogP contribution in [0.2, 0.25) is 5.02 Å². The van der Waals surface area contributed by atoms with Crippen LogP contribution in [0.3, 0.4) is 0 Å². The molecule has 1 saturated carbocycles. The Morgan fingerprint density at radius 1 is 0.936 bits per heavy atom. The highest BCUT2D eigenvalue weighted by atomic mass is 35.5. The number of benzene rings is 3. The summed E-state index contributed by atoms with van der Waals surface area (Å²) in [6.07, 6.45) is -14.0. The van der Waals surface area contributed by atoms with Gasteiger partial charge in [-0.1, -0.05) is 17.7 Å². The van der Waals surface area contributed by atoms with Crippen molar-refractivity contribution < 1.29 is 58.6 Å². The van der Waals surface area contributed by atoms with E-state index in [0.717, 1.165) is 25.1 Å². The molecule has 0 heterocycles. The van der Waals surface area contributed by atoms with E-state index in [2.05, 4.69) is 10.1 Å². The maximum Gasteiger partial charge on any atom is 0.523 e. The van der Waals surface area contributed by atoms with Crippen molar-refractivity contribution in [2.75, 3.05) is 5.32 Å². The number of ether oxygens (including phenoxy) is 1. The van der Waals surface area contributed by atoms with Gasteiger partial charge in [0.15, 0.2) is 11.6 Å². The van der Waals surface area contributed by atoms with E-state index in [1.807, 2.05) is 0 Å². The lowest BCUT2D eigenvalue weighted by Gasteiger charge is -2.15. The zero-order chi connectivity index (χ0) is 35.2. The molecule has 5 nitrogen and oxygen atoms in total. The summed E-state index contributed by atoms with van der Waals surface area (Å²) in [5.74, 6) is -9.48. The Bertz CT molecular complexity index is 1740. The number of rotatable bonds is 10. The molecule has 17 heteroatoms. The molecule has 3 aromatic rings. The van der Waals surface area contributed by atoms with Gasteiger partial charge in [-0.05, 0) is 60.5 Å². The van der Waals surface area contributed by atoms with Gasteiger partial charge in [-0.2, -0.15) is 13.2 Å². The lowest BCUT2D eigenvalue weighted by Crippen LogP contribution is -2.30. The van der Waals surface area contributed by atoms with Crippen LogP contribution in [0.15, 0.2) is 48.5 Å². The third-order valence-corrected chi connectivity index (χ3v) is 8.48. The first-order valence-corrected chi connectivity index (χ1v) is 14.4. The van der Waals surface area contributed by atoms with Crippen molar-refractivity contribution in [2.24, 2.45) is 5.92 Å². The molecule has 0 aliphatic heterocycles. The van der Waals surface area contributed by atoms with Gasteiger partial charge < -0.3 is 5.32 Å². The Balaban J connectivity index is 1.51. The smallest absolute Gasteiger partial charge is 0.326 e. The highest BCUT2D eigenvalue weighted by Gasteiger charge is 2.67. The molecule has 1 aliphatic carbocycles. The van der Waals surface area contributed by atoms with Crippen LogP contribution in [0.1, 0.15) is 45.5 Å². The van der Waals surface area contributed by atoms with Crippen molar-refractivity contribution in [3.8, 4) is 0 Å². The van der Waals surface area contributed by atoms with E-state index in [1.165, 1.54) is 12.1 Å². The molecule has 3 atom stereocenters. The Morgan fingerprint density at radius 2 is 1.60 bits per heavy atom. The number of nitrogens with one attached hydrogen (secondary N) is 1. The average Bonchev–Trinajstić information content (AvgIpc) is 3.53. The second-order valence-electron chi connectivity index (χ2n) is 10.5. The number of Topliss-reactive ketones (excluding diaryl/α,β-unsaturated/α-hetero) is 2. The minimum atomic E-state index is -5.17. The van der Waals surface area contributed by atoms with Crippen molar-refractivity contribution in [1.82, 2.24) is 0 Å². The second-order valence-corrected chi connectivity index (χ2v) is 12.4. The third kappa shape index (κ3) is 8.40. The number of hydrogen-bond donors (Lipinski definition) is 1. The topological polar surface area (TPSA) is 72.5 Å². The number of ketones is 2. The number of hydrogen-bond acceptors (Lipinski definition) is 4. The molecular weight excluding hydrogens is 716 g/mol. The van der Waals surface area contributed by atoms with E-state index in [-0.39, 0.29) is 27.9 Å². The summed E-state index contributed by atoms with van der Waals surface area (Å²) >= 11 is 18.5. The Morgan fingerprint density at radius 3 is 2.21 bits per heavy atom. The first kappa shape index (κ1) is 36.5. The minimum absolute atomic E-state index is 0.0720. The van der Waals surface area contributed by atoms with Crippen LogP contribution in [-0.2, 0) is 33.3 Å². The van der Waals surface area contributed by atoms with Crippen LogP contribution in [-0.4, -0.2) is 34.3 Å². The Kier molecular flexibility index (Phi) is 10.3. The van der Waals surface area contributed by atoms with Crippen LogP contribution in [0.5, 0.6) is 0 Å². The molecule has 3 aromatic carbocycles. The molecule has 1 unspecified atom stereocenters. The number of alkyl halides is 8. The van der Waals surface area contributed by atoms with Gasteiger partial charge in [0.05, 0.1) is 16.5 Å². The summed E-state index contributed by atoms with van der Waals surface area (Å²) in [7, 11) is 0. The second kappa shape index (κ2) is 13.3. The molecule has 1 fully saturated rings. The van der Waals surface area contributed by atoms with Gasteiger partial charge in [0.2, 0.25) is 5.91 Å². The summed E-state index contributed by atoms with van der Waals surface area (Å²) in [5.41, 5.74) is -3.26. The molecular formula is C30H19Cl3F9NO4. The minimum Gasteiger partial charge on any atom is -0.326 e. The van der Waals surface area contributed by atoms with Crippen molar-refractivity contribution >= 4 is 58.0 Å². The fourth-order valence-electron chi connectivity index (χ4n) is 4.86. The van der Waals surface area contributed by atoms with E-state index >= 15 is 4.39 Å². The number of halogens is 12. The van der Waals surface area contributed by atoms with E-state index in [9.17, 15) is 49.5 Å². The zero-order valence-electron chi connectivity index (χ0n) is 23.4. The van der Waals surface area contributed by atoms with Gasteiger partial charge >= 0.3 is 12.5 Å². The molecule has 0 bridgehead atoms. The number of carbonyl (C=O) groups excluding carboxylic acids is 3. The summed E-state index contributed by atoms with van der Waals surface area (Å²) in [6.45, 7) is 0.752. The van der Waals surface area contributed by atoms with Crippen LogP contribution in [0.4, 0.5) is 45.2 Å². The van der Waals surface area contributed by atoms with Crippen molar-refractivity contribution in [2.45, 2.75) is 48.7 Å². The first-order valence-electron chi connectivity index (χ1n) is 13.2. The lowest BCUT2D eigenvalue weighted by atomic mass is 9.97. The van der Waals surface area contributed by atoms with Gasteiger partial charge in [0.25, 0.3) is 0 Å². The lowest BCUT2D eigenvalue weighted by molar-refractivity contribution is -0.335. The van der Waals surface area contributed by atoms with Crippen LogP contribution < -0.4 is 5.32 Å². The van der Waals surface area contributed by atoms with Crippen molar-refractivity contribution in [3.63, 3.8) is 0 Å². The fourth-order valence-corrected chi connectivity index (χ4v) is 5.91. The highest BCUT2D eigenvalue weighted by molar-refractivity contribution is 6.53. The van der Waals surface area contributed by atoms with Gasteiger partial charge in [0.1, 0.15) is 27.9 Å². The number of anilines is 1. The van der Waals surface area contributed by atoms with Crippen LogP contribution >= 0.6 is 34.8 Å². The summed E-state index contributed by atoms with van der Waals surface area (Å²) < 4.78 is 122. The zero-order valence-corrected chi connectivity index (χ0v) is 25.7. The number of amides is 1. The number of carbonyl (C=O) groups is 3. The van der Waals surface area contributed by atoms with Crippen LogP contribution in [0, 0.1) is 23.4 Å². The average molecular weight is 735 g/mol. The standard InChI is InChI=1S/C30H19Cl3F9NO4/c1-12(47-30(40,41)42)22(44)11-19-21(35)5-2-13(26(19)36)8-23(45)18-10-17(3-4-20(18)31)43-27(46)25-24(28(25,32)33)14-6-15(29(37,38)39)9-16(34)7-14/h2-7,9-10,12,24-25H,8,11H2,1H3,(H,43,46)/t12?,24-,25+/m0/s1. The van der Waals surface area contributed by atoms with Gasteiger partial charge in [-0.15, -0.1) is 36.4 Å². The maximum atomic E-state index is 15.2. The molecule has 0 spiro atoms. The summed E-state index contributed by atoms with van der Waals surface area (Å²) in [5, 5.41) is 2.22. The molecule has 47 heavy (non-hydrogen) atoms. The molecule has 1 N–H and O–H groups in total. The predicted molar refractivity (Wildman–Crippen MR) is 152 cm³/mol. The monoisotopic (exact) mass is 733 g/mol. The van der Waals surface area contributed by atoms with Gasteiger partial charge in [-0.25, -0.2) is 13.2 Å². The highest BCUT2D eigenvalue weighted by Crippen LogP contribution is 2.65. The molecule has 0 aromatic heterocycles. The van der Waals surface area contributed by atoms with Crippen molar-refractivity contribution in [1.29, 1.82) is 0 Å². The summed E-state index contributed by atoms with van der Waals surface area (Å²) in [4.78, 5) is 38.3. The normalized spacial score (nSPS) is 18.1. The summed E-state index contributed by atoms with van der Waals surface area (Å²) in [6, 6.07) is 6.75. The Labute approximate surface area is 274 Å². The maximum absolute atomic E-state index is 15.2. The molecule has 252 valence electrons. The quantitative estimate of drug-likeness (QED) is 0.129. The first-order chi connectivity index (χ1) is 21.6. The molecule has 0 saturated heterocycles. The molecule has 1 aliphatic rings. The van der Waals surface area contributed by atoms with E-state index in [1.54, 1.807) is 0 Å². The van der Waals surface area contributed by atoms with Crippen molar-refractivity contribution in [3.05, 3.63) is 98.8 Å². The van der Waals surface area contributed by atoms with E-state index < -0.39 is 99.3 Å². The third-order valence-electron chi connectivity index (χ3n) is 7.21.